The number of nitrogens with one attached hydrogen (secondary N) is 1. The molecule has 3 heterocycles. The highest BCUT2D eigenvalue weighted by molar-refractivity contribution is 5.82. The molecule has 1 atom stereocenters. The third kappa shape index (κ3) is 3.49. The molecule has 1 amide bonds. The van der Waals surface area contributed by atoms with Crippen LogP contribution in [0, 0.1) is 0 Å². The number of hydrogen-bond donors (Lipinski definition) is 1. The molecule has 1 aromatic heterocycles. The lowest BCUT2D eigenvalue weighted by atomic mass is 10.2. The molecule has 2 aliphatic heterocycles. The van der Waals surface area contributed by atoms with Crippen molar-refractivity contribution in [3.63, 3.8) is 0 Å². The van der Waals surface area contributed by atoms with Gasteiger partial charge in [0, 0.05) is 37.9 Å². The lowest BCUT2D eigenvalue weighted by molar-refractivity contribution is -0.133. The van der Waals surface area contributed by atoms with E-state index < -0.39 is 0 Å². The molecule has 25 heavy (non-hydrogen) atoms. The van der Waals surface area contributed by atoms with Gasteiger partial charge in [-0.1, -0.05) is 30.3 Å². The summed E-state index contributed by atoms with van der Waals surface area (Å²) >= 11 is 0. The quantitative estimate of drug-likeness (QED) is 0.921. The molecule has 0 radical (unpaired) electrons. The monoisotopic (exact) mass is 337 g/mol. The van der Waals surface area contributed by atoms with Crippen molar-refractivity contribution in [1.82, 2.24) is 20.2 Å². The predicted octanol–water partition coefficient (Wildman–Crippen LogP) is 1.54. The molecule has 0 aliphatic carbocycles. The van der Waals surface area contributed by atoms with Crippen LogP contribution in [0.1, 0.15) is 12.8 Å². The summed E-state index contributed by atoms with van der Waals surface area (Å²) in [5.74, 6) is 1.93. The van der Waals surface area contributed by atoms with Crippen LogP contribution in [0.3, 0.4) is 0 Å². The zero-order chi connectivity index (χ0) is 17.1. The van der Waals surface area contributed by atoms with Gasteiger partial charge in [0.05, 0.1) is 6.04 Å². The van der Waals surface area contributed by atoms with E-state index in [9.17, 15) is 4.79 Å². The number of hydrogen-bond acceptors (Lipinski definition) is 5. The topological polar surface area (TPSA) is 61.4 Å². The van der Waals surface area contributed by atoms with E-state index in [0.29, 0.717) is 0 Å². The smallest absolute Gasteiger partial charge is 0.239 e. The molecule has 0 saturated carbocycles. The van der Waals surface area contributed by atoms with Gasteiger partial charge in [-0.15, -0.1) is 0 Å². The lowest BCUT2D eigenvalue weighted by Gasteiger charge is -2.36. The molecule has 2 saturated heterocycles. The van der Waals surface area contributed by atoms with Crippen LogP contribution in [0.2, 0.25) is 0 Å². The van der Waals surface area contributed by atoms with E-state index in [1.54, 1.807) is 0 Å². The molecule has 6 nitrogen and oxygen atoms in total. The average molecular weight is 337 g/mol. The third-order valence-electron chi connectivity index (χ3n) is 4.95. The summed E-state index contributed by atoms with van der Waals surface area (Å²) < 4.78 is 0. The van der Waals surface area contributed by atoms with Gasteiger partial charge < -0.3 is 15.1 Å². The standard InChI is InChI=1S/C19H23N5O/c25-19(16-7-4-9-20-16)24-13-11-23(12-14-24)17-8-10-21-18(22-17)15-5-2-1-3-6-15/h1-3,5-6,8,10,16,20H,4,7,9,11-14H2. The van der Waals surface area contributed by atoms with Gasteiger partial charge in [-0.2, -0.15) is 0 Å². The Kier molecular flexibility index (Phi) is 4.61. The van der Waals surface area contributed by atoms with Crippen molar-refractivity contribution in [2.75, 3.05) is 37.6 Å². The number of nitrogens with zero attached hydrogens (tertiary/aromatic N) is 4. The van der Waals surface area contributed by atoms with E-state index in [0.717, 1.165) is 62.8 Å². The maximum Gasteiger partial charge on any atom is 0.239 e. The predicted molar refractivity (Wildman–Crippen MR) is 97.3 cm³/mol. The van der Waals surface area contributed by atoms with Crippen LogP contribution in [0.25, 0.3) is 11.4 Å². The van der Waals surface area contributed by atoms with Gasteiger partial charge >= 0.3 is 0 Å². The van der Waals surface area contributed by atoms with Gasteiger partial charge in [-0.05, 0) is 25.5 Å². The van der Waals surface area contributed by atoms with Crippen molar-refractivity contribution >= 4 is 11.7 Å². The minimum Gasteiger partial charge on any atom is -0.353 e. The zero-order valence-corrected chi connectivity index (χ0v) is 14.3. The first-order valence-corrected chi connectivity index (χ1v) is 8.97. The van der Waals surface area contributed by atoms with Crippen molar-refractivity contribution in [3.05, 3.63) is 42.6 Å². The number of rotatable bonds is 3. The number of benzene rings is 1. The largest absolute Gasteiger partial charge is 0.353 e. The highest BCUT2D eigenvalue weighted by Crippen LogP contribution is 2.19. The Morgan fingerprint density at radius 1 is 1.08 bits per heavy atom. The van der Waals surface area contributed by atoms with E-state index in [1.165, 1.54) is 0 Å². The molecule has 1 aromatic carbocycles. The summed E-state index contributed by atoms with van der Waals surface area (Å²) in [6, 6.07) is 12.0. The van der Waals surface area contributed by atoms with Crippen molar-refractivity contribution in [3.8, 4) is 11.4 Å². The Hall–Kier alpha value is -2.47. The first-order chi connectivity index (χ1) is 12.3. The first-order valence-electron chi connectivity index (χ1n) is 8.97. The van der Waals surface area contributed by atoms with E-state index >= 15 is 0 Å². The van der Waals surface area contributed by atoms with Crippen LogP contribution >= 0.6 is 0 Å². The molecule has 2 fully saturated rings. The first kappa shape index (κ1) is 16.0. The summed E-state index contributed by atoms with van der Waals surface area (Å²) in [6.07, 6.45) is 3.87. The summed E-state index contributed by atoms with van der Waals surface area (Å²) in [5.41, 5.74) is 1.02. The summed E-state index contributed by atoms with van der Waals surface area (Å²) in [7, 11) is 0. The molecule has 2 aliphatic rings. The molecule has 4 rings (SSSR count). The van der Waals surface area contributed by atoms with Gasteiger partial charge in [0.2, 0.25) is 5.91 Å². The van der Waals surface area contributed by atoms with Crippen LogP contribution in [-0.4, -0.2) is 59.5 Å². The Morgan fingerprint density at radius 2 is 1.88 bits per heavy atom. The molecular formula is C19H23N5O. The van der Waals surface area contributed by atoms with Crippen LogP contribution in [0.5, 0.6) is 0 Å². The van der Waals surface area contributed by atoms with Crippen LogP contribution in [0.15, 0.2) is 42.6 Å². The van der Waals surface area contributed by atoms with Crippen molar-refractivity contribution in [1.29, 1.82) is 0 Å². The molecule has 6 heteroatoms. The van der Waals surface area contributed by atoms with Crippen molar-refractivity contribution < 1.29 is 4.79 Å². The fourth-order valence-electron chi connectivity index (χ4n) is 3.52. The van der Waals surface area contributed by atoms with Gasteiger partial charge in [0.15, 0.2) is 5.82 Å². The van der Waals surface area contributed by atoms with Crippen molar-refractivity contribution in [2.24, 2.45) is 0 Å². The number of carbonyl (C=O) groups is 1. The highest BCUT2D eigenvalue weighted by Gasteiger charge is 2.29. The molecule has 130 valence electrons. The number of carbonyl (C=O) groups excluding carboxylic acids is 1. The summed E-state index contributed by atoms with van der Waals surface area (Å²) in [5, 5.41) is 3.30. The third-order valence-corrected chi connectivity index (χ3v) is 4.95. The molecule has 1 N–H and O–H groups in total. The van der Waals surface area contributed by atoms with E-state index in [-0.39, 0.29) is 11.9 Å². The minimum absolute atomic E-state index is 0.0234. The van der Waals surface area contributed by atoms with Crippen molar-refractivity contribution in [2.45, 2.75) is 18.9 Å². The van der Waals surface area contributed by atoms with Crippen LogP contribution < -0.4 is 10.2 Å². The minimum atomic E-state index is 0.0234. The number of piperazine rings is 1. The summed E-state index contributed by atoms with van der Waals surface area (Å²) in [6.45, 7) is 4.08. The second kappa shape index (κ2) is 7.19. The Bertz CT molecular complexity index is 722. The van der Waals surface area contributed by atoms with Gasteiger partial charge in [0.1, 0.15) is 5.82 Å². The van der Waals surface area contributed by atoms with Gasteiger partial charge in [-0.3, -0.25) is 4.79 Å². The lowest BCUT2D eigenvalue weighted by Crippen LogP contribution is -2.53. The second-order valence-corrected chi connectivity index (χ2v) is 6.57. The highest BCUT2D eigenvalue weighted by atomic mass is 16.2. The molecule has 0 spiro atoms. The van der Waals surface area contributed by atoms with Crippen LogP contribution in [0.4, 0.5) is 5.82 Å². The van der Waals surface area contributed by atoms with Crippen LogP contribution in [-0.2, 0) is 4.79 Å². The number of aromatic nitrogens is 2. The van der Waals surface area contributed by atoms with Gasteiger partial charge in [-0.25, -0.2) is 9.97 Å². The Labute approximate surface area is 147 Å². The number of amides is 1. The fraction of sp³-hybridized carbons (Fsp3) is 0.421. The SMILES string of the molecule is O=C(C1CCCN1)N1CCN(c2ccnc(-c3ccccc3)n2)CC1. The normalized spacial score (nSPS) is 20.7. The summed E-state index contributed by atoms with van der Waals surface area (Å²) in [4.78, 5) is 25.8. The molecule has 1 unspecified atom stereocenters. The van der Waals surface area contributed by atoms with E-state index in [2.05, 4.69) is 15.2 Å². The average Bonchev–Trinajstić information content (AvgIpc) is 3.23. The maximum absolute atomic E-state index is 12.5. The Balaban J connectivity index is 1.42. The van der Waals surface area contributed by atoms with Gasteiger partial charge in [0.25, 0.3) is 0 Å². The second-order valence-electron chi connectivity index (χ2n) is 6.57. The van der Waals surface area contributed by atoms with E-state index in [1.807, 2.05) is 47.5 Å². The molecular weight excluding hydrogens is 314 g/mol. The molecule has 0 bridgehead atoms. The fourth-order valence-corrected chi connectivity index (χ4v) is 3.52. The molecule has 2 aromatic rings. The van der Waals surface area contributed by atoms with E-state index in [4.69, 9.17) is 4.98 Å². The zero-order valence-electron chi connectivity index (χ0n) is 14.3. The number of anilines is 1. The Morgan fingerprint density at radius 3 is 2.60 bits per heavy atom. The maximum atomic E-state index is 12.5.